The zero-order valence-electron chi connectivity index (χ0n) is 8.13. The summed E-state index contributed by atoms with van der Waals surface area (Å²) in [7, 11) is 0. The maximum absolute atomic E-state index is 12.2. The molecular weight excluding hydrogens is 215 g/mol. The maximum Gasteiger partial charge on any atom is 0.415 e. The molecule has 0 aliphatic carbocycles. The van der Waals surface area contributed by atoms with Crippen LogP contribution in [0.1, 0.15) is 6.92 Å². The van der Waals surface area contributed by atoms with Crippen molar-refractivity contribution in [3.05, 3.63) is 0 Å². The van der Waals surface area contributed by atoms with Crippen LogP contribution >= 0.6 is 0 Å². The third kappa shape index (κ3) is 3.35. The number of rotatable bonds is 2. The van der Waals surface area contributed by atoms with E-state index in [9.17, 15) is 18.0 Å². The monoisotopic (exact) mass is 227 g/mol. The van der Waals surface area contributed by atoms with Crippen LogP contribution < -0.4 is 5.32 Å². The number of carbonyl (C=O) groups excluding carboxylic acids is 1. The van der Waals surface area contributed by atoms with Gasteiger partial charge < -0.3 is 14.8 Å². The quantitative estimate of drug-likeness (QED) is 0.696. The van der Waals surface area contributed by atoms with Crippen LogP contribution in [0.3, 0.4) is 0 Å². The summed E-state index contributed by atoms with van der Waals surface area (Å²) < 4.78 is 45.9. The summed E-state index contributed by atoms with van der Waals surface area (Å²) in [6, 6.07) is 0. The molecule has 0 aromatic rings. The standard InChI is InChI=1S/C8H12F3NO3/c1-2-14-7(13)5-3-12-4-6(15-5)8(9,10)11/h5-6,12H,2-4H2,1H3. The minimum Gasteiger partial charge on any atom is -0.464 e. The molecule has 1 heterocycles. The second-order valence-corrected chi connectivity index (χ2v) is 3.07. The molecule has 1 aliphatic rings. The van der Waals surface area contributed by atoms with Crippen molar-refractivity contribution >= 4 is 5.97 Å². The van der Waals surface area contributed by atoms with Crippen LogP contribution in [-0.4, -0.2) is 44.0 Å². The lowest BCUT2D eigenvalue weighted by Gasteiger charge is -2.30. The average molecular weight is 227 g/mol. The second kappa shape index (κ2) is 4.80. The van der Waals surface area contributed by atoms with Gasteiger partial charge in [0.15, 0.2) is 12.2 Å². The number of alkyl halides is 3. The number of hydrogen-bond acceptors (Lipinski definition) is 4. The zero-order chi connectivity index (χ0) is 11.5. The molecule has 0 aromatic heterocycles. The number of nitrogens with one attached hydrogen (secondary N) is 1. The van der Waals surface area contributed by atoms with Crippen LogP contribution in [0, 0.1) is 0 Å². The Hall–Kier alpha value is -0.820. The number of carbonyl (C=O) groups is 1. The fourth-order valence-electron chi connectivity index (χ4n) is 1.21. The third-order valence-electron chi connectivity index (χ3n) is 1.90. The molecule has 0 spiro atoms. The Kier molecular flexibility index (Phi) is 3.92. The Balaban J connectivity index is 2.52. The highest BCUT2D eigenvalue weighted by atomic mass is 19.4. The normalized spacial score (nSPS) is 27.5. The Morgan fingerprint density at radius 3 is 2.73 bits per heavy atom. The van der Waals surface area contributed by atoms with Gasteiger partial charge in [0.1, 0.15) is 0 Å². The molecule has 1 saturated heterocycles. The largest absolute Gasteiger partial charge is 0.464 e. The predicted octanol–water partition coefficient (Wildman–Crippen LogP) is 0.469. The van der Waals surface area contributed by atoms with Gasteiger partial charge in [-0.2, -0.15) is 13.2 Å². The van der Waals surface area contributed by atoms with E-state index >= 15 is 0 Å². The Morgan fingerprint density at radius 1 is 1.53 bits per heavy atom. The molecule has 0 radical (unpaired) electrons. The molecule has 1 rings (SSSR count). The Morgan fingerprint density at radius 2 is 2.20 bits per heavy atom. The summed E-state index contributed by atoms with van der Waals surface area (Å²) in [5.41, 5.74) is 0. The van der Waals surface area contributed by atoms with Crippen molar-refractivity contribution < 1.29 is 27.4 Å². The topological polar surface area (TPSA) is 47.6 Å². The Bertz CT molecular complexity index is 232. The minimum absolute atomic E-state index is 0.0470. The van der Waals surface area contributed by atoms with E-state index in [1.165, 1.54) is 0 Å². The lowest BCUT2D eigenvalue weighted by Crippen LogP contribution is -2.53. The molecule has 1 aliphatic heterocycles. The summed E-state index contributed by atoms with van der Waals surface area (Å²) in [5, 5.41) is 2.48. The molecule has 0 saturated carbocycles. The molecule has 4 nitrogen and oxygen atoms in total. The number of halogens is 3. The summed E-state index contributed by atoms with van der Waals surface area (Å²) in [6.07, 6.45) is -7.58. The van der Waals surface area contributed by atoms with Crippen LogP contribution in [0.5, 0.6) is 0 Å². The summed E-state index contributed by atoms with van der Waals surface area (Å²) >= 11 is 0. The number of morpholine rings is 1. The van der Waals surface area contributed by atoms with E-state index in [-0.39, 0.29) is 19.7 Å². The van der Waals surface area contributed by atoms with Crippen molar-refractivity contribution in [2.24, 2.45) is 0 Å². The molecule has 2 unspecified atom stereocenters. The van der Waals surface area contributed by atoms with Crippen molar-refractivity contribution in [1.82, 2.24) is 5.32 Å². The van der Waals surface area contributed by atoms with Crippen LogP contribution in [0.15, 0.2) is 0 Å². The van der Waals surface area contributed by atoms with Gasteiger partial charge in [-0.15, -0.1) is 0 Å². The molecule has 88 valence electrons. The zero-order valence-corrected chi connectivity index (χ0v) is 8.13. The molecule has 0 amide bonds. The van der Waals surface area contributed by atoms with E-state index in [1.807, 2.05) is 0 Å². The third-order valence-corrected chi connectivity index (χ3v) is 1.90. The summed E-state index contributed by atoms with van der Waals surface area (Å²) in [4.78, 5) is 11.1. The molecular formula is C8H12F3NO3. The van der Waals surface area contributed by atoms with Crippen molar-refractivity contribution in [3.63, 3.8) is 0 Å². The van der Waals surface area contributed by atoms with E-state index in [2.05, 4.69) is 14.8 Å². The molecule has 0 aromatic carbocycles. The fraction of sp³-hybridized carbons (Fsp3) is 0.875. The van der Waals surface area contributed by atoms with Gasteiger partial charge in [0, 0.05) is 13.1 Å². The van der Waals surface area contributed by atoms with Gasteiger partial charge in [0.25, 0.3) is 0 Å². The van der Waals surface area contributed by atoms with Crippen LogP contribution in [-0.2, 0) is 14.3 Å². The highest BCUT2D eigenvalue weighted by Gasteiger charge is 2.45. The maximum atomic E-state index is 12.2. The average Bonchev–Trinajstić information content (AvgIpc) is 2.17. The fourth-order valence-corrected chi connectivity index (χ4v) is 1.21. The van der Waals surface area contributed by atoms with E-state index in [1.54, 1.807) is 6.92 Å². The van der Waals surface area contributed by atoms with Crippen molar-refractivity contribution in [2.75, 3.05) is 19.7 Å². The van der Waals surface area contributed by atoms with Gasteiger partial charge in [0.2, 0.25) is 0 Å². The minimum atomic E-state index is -4.46. The molecule has 1 fully saturated rings. The van der Waals surface area contributed by atoms with Crippen molar-refractivity contribution in [1.29, 1.82) is 0 Å². The smallest absolute Gasteiger partial charge is 0.415 e. The summed E-state index contributed by atoms with van der Waals surface area (Å²) in [5.74, 6) is -0.765. The molecule has 0 bridgehead atoms. The first-order valence-electron chi connectivity index (χ1n) is 4.54. The molecule has 2 atom stereocenters. The van der Waals surface area contributed by atoms with E-state index < -0.39 is 24.4 Å². The summed E-state index contributed by atoms with van der Waals surface area (Å²) in [6.45, 7) is 1.41. The van der Waals surface area contributed by atoms with Crippen molar-refractivity contribution in [3.8, 4) is 0 Å². The number of hydrogen-bond donors (Lipinski definition) is 1. The number of ether oxygens (including phenoxy) is 2. The van der Waals surface area contributed by atoms with Gasteiger partial charge in [-0.3, -0.25) is 0 Å². The lowest BCUT2D eigenvalue weighted by atomic mass is 10.2. The van der Waals surface area contributed by atoms with Gasteiger partial charge in [-0.1, -0.05) is 0 Å². The predicted molar refractivity (Wildman–Crippen MR) is 44.2 cm³/mol. The van der Waals surface area contributed by atoms with Crippen LogP contribution in [0.2, 0.25) is 0 Å². The van der Waals surface area contributed by atoms with Gasteiger partial charge >= 0.3 is 12.1 Å². The van der Waals surface area contributed by atoms with E-state index in [4.69, 9.17) is 0 Å². The molecule has 15 heavy (non-hydrogen) atoms. The molecule has 7 heteroatoms. The van der Waals surface area contributed by atoms with Crippen LogP contribution in [0.4, 0.5) is 13.2 Å². The van der Waals surface area contributed by atoms with Gasteiger partial charge in [0.05, 0.1) is 6.61 Å². The SMILES string of the molecule is CCOC(=O)C1CNCC(C(F)(F)F)O1. The first kappa shape index (κ1) is 12.3. The second-order valence-electron chi connectivity index (χ2n) is 3.07. The van der Waals surface area contributed by atoms with Crippen LogP contribution in [0.25, 0.3) is 0 Å². The Labute approximate surface area is 84.7 Å². The van der Waals surface area contributed by atoms with Gasteiger partial charge in [-0.05, 0) is 6.92 Å². The lowest BCUT2D eigenvalue weighted by molar-refractivity contribution is -0.241. The first-order chi connectivity index (χ1) is 6.95. The first-order valence-corrected chi connectivity index (χ1v) is 4.54. The molecule has 1 N–H and O–H groups in total. The van der Waals surface area contributed by atoms with Crippen molar-refractivity contribution in [2.45, 2.75) is 25.3 Å². The van der Waals surface area contributed by atoms with Gasteiger partial charge in [-0.25, -0.2) is 4.79 Å². The highest BCUT2D eigenvalue weighted by molar-refractivity contribution is 5.75. The van der Waals surface area contributed by atoms with E-state index in [0.29, 0.717) is 0 Å². The van der Waals surface area contributed by atoms with E-state index in [0.717, 1.165) is 0 Å². The highest BCUT2D eigenvalue weighted by Crippen LogP contribution is 2.25. The number of esters is 1.